The number of fused-ring (bicyclic) bond motifs is 3. The highest BCUT2D eigenvalue weighted by Crippen LogP contribution is 2.50. The van der Waals surface area contributed by atoms with Gasteiger partial charge in [0, 0.05) is 16.1 Å². The third-order valence-electron chi connectivity index (χ3n) is 6.61. The van der Waals surface area contributed by atoms with Crippen LogP contribution in [0.2, 0.25) is 0 Å². The molecule has 1 saturated heterocycles. The van der Waals surface area contributed by atoms with Crippen molar-refractivity contribution >= 4 is 12.0 Å². The molecule has 2 aliphatic rings. The van der Waals surface area contributed by atoms with Gasteiger partial charge in [0.1, 0.15) is 12.1 Å². The molecular weight excluding hydrogens is 434 g/mol. The molecule has 2 aliphatic heterocycles. The largest absolute Gasteiger partial charge is 0.493 e. The molecule has 34 heavy (non-hydrogen) atoms. The molecule has 8 nitrogen and oxygen atoms in total. The van der Waals surface area contributed by atoms with E-state index < -0.39 is 24.0 Å². The van der Waals surface area contributed by atoms with Gasteiger partial charge in [-0.15, -0.1) is 0 Å². The van der Waals surface area contributed by atoms with E-state index in [0.29, 0.717) is 22.6 Å². The topological polar surface area (TPSA) is 94.3 Å². The van der Waals surface area contributed by atoms with Crippen LogP contribution in [0.3, 0.4) is 0 Å². The number of benzene rings is 3. The molecular formula is C26H23N3O5. The zero-order chi connectivity index (χ0) is 23.8. The summed E-state index contributed by atoms with van der Waals surface area (Å²) in [4.78, 5) is 26.2. The fourth-order valence-corrected chi connectivity index (χ4v) is 5.12. The summed E-state index contributed by atoms with van der Waals surface area (Å²) >= 11 is 0. The highest BCUT2D eigenvalue weighted by molar-refractivity contribution is 6.01. The van der Waals surface area contributed by atoms with E-state index in [2.05, 4.69) is 5.10 Å². The highest BCUT2D eigenvalue weighted by atomic mass is 16.6. The lowest BCUT2D eigenvalue weighted by molar-refractivity contribution is -0.529. The minimum atomic E-state index is -1.10. The second-order valence-corrected chi connectivity index (χ2v) is 8.29. The first kappa shape index (κ1) is 21.6. The summed E-state index contributed by atoms with van der Waals surface area (Å²) in [5, 5.41) is 18.8. The number of nitrogens with zero attached hydrogens (tertiary/aromatic N) is 3. The first-order valence-electron chi connectivity index (χ1n) is 10.9. The minimum Gasteiger partial charge on any atom is -0.493 e. The molecule has 0 spiro atoms. The fourth-order valence-electron chi connectivity index (χ4n) is 5.12. The summed E-state index contributed by atoms with van der Waals surface area (Å²) in [6, 6.07) is 18.9. The molecule has 0 aromatic heterocycles. The molecule has 0 amide bonds. The Morgan fingerprint density at radius 1 is 0.971 bits per heavy atom. The Labute approximate surface area is 196 Å². The summed E-state index contributed by atoms with van der Waals surface area (Å²) in [5.41, 5.74) is 2.70. The molecule has 0 aliphatic carbocycles. The van der Waals surface area contributed by atoms with Gasteiger partial charge in [-0.25, -0.2) is 0 Å². The van der Waals surface area contributed by atoms with Gasteiger partial charge in [-0.1, -0.05) is 60.7 Å². The lowest BCUT2D eigenvalue weighted by Gasteiger charge is -2.30. The Hall–Kier alpha value is -4.20. The quantitative estimate of drug-likeness (QED) is 0.314. The number of carbonyl (C=O) groups excluding carboxylic acids is 1. The van der Waals surface area contributed by atoms with E-state index in [1.807, 2.05) is 30.3 Å². The molecule has 172 valence electrons. The van der Waals surface area contributed by atoms with Crippen LogP contribution in [-0.2, 0) is 0 Å². The number of hydrazone groups is 1. The van der Waals surface area contributed by atoms with Crippen molar-refractivity contribution in [3.63, 3.8) is 0 Å². The SMILES string of the molecule is COc1ccc(C2C(C(=O)c3ccccc3)N3N=Cc4ccccc4C3C2[N+](=O)[O-])cc1OC. The smallest absolute Gasteiger partial charge is 0.248 e. The van der Waals surface area contributed by atoms with Gasteiger partial charge in [0.25, 0.3) is 0 Å². The lowest BCUT2D eigenvalue weighted by Crippen LogP contribution is -2.38. The maximum absolute atomic E-state index is 13.8. The normalized spacial score (nSPS) is 22.6. The lowest BCUT2D eigenvalue weighted by atomic mass is 9.82. The molecule has 0 saturated carbocycles. The third kappa shape index (κ3) is 3.39. The van der Waals surface area contributed by atoms with Crippen LogP contribution < -0.4 is 9.47 Å². The van der Waals surface area contributed by atoms with Crippen LogP contribution in [0.15, 0.2) is 77.9 Å². The van der Waals surface area contributed by atoms with Crippen LogP contribution in [0.25, 0.3) is 0 Å². The maximum atomic E-state index is 13.8. The number of hydrogen-bond acceptors (Lipinski definition) is 7. The monoisotopic (exact) mass is 457 g/mol. The van der Waals surface area contributed by atoms with Crippen molar-refractivity contribution < 1.29 is 19.2 Å². The summed E-state index contributed by atoms with van der Waals surface area (Å²) in [6.07, 6.45) is 1.67. The number of ketones is 1. The molecule has 0 bridgehead atoms. The van der Waals surface area contributed by atoms with Gasteiger partial charge in [-0.3, -0.25) is 19.9 Å². The summed E-state index contributed by atoms with van der Waals surface area (Å²) in [6.45, 7) is 0. The number of Topliss-reactive ketones (excluding diaryl/α,β-unsaturated/α-hetero) is 1. The van der Waals surface area contributed by atoms with Gasteiger partial charge in [0.2, 0.25) is 6.04 Å². The van der Waals surface area contributed by atoms with Crippen LogP contribution >= 0.6 is 0 Å². The first-order chi connectivity index (χ1) is 16.5. The Morgan fingerprint density at radius 2 is 1.68 bits per heavy atom. The zero-order valence-electron chi connectivity index (χ0n) is 18.7. The minimum absolute atomic E-state index is 0.216. The Kier molecular flexibility index (Phi) is 5.49. The van der Waals surface area contributed by atoms with Crippen molar-refractivity contribution in [3.05, 3.63) is 105 Å². The van der Waals surface area contributed by atoms with Crippen LogP contribution in [-0.4, -0.2) is 48.2 Å². The van der Waals surface area contributed by atoms with E-state index in [0.717, 1.165) is 11.1 Å². The van der Waals surface area contributed by atoms with Crippen molar-refractivity contribution in [1.29, 1.82) is 0 Å². The fraction of sp³-hybridized carbons (Fsp3) is 0.231. The van der Waals surface area contributed by atoms with Crippen molar-refractivity contribution in [3.8, 4) is 11.5 Å². The Bertz CT molecular complexity index is 1280. The zero-order valence-corrected chi connectivity index (χ0v) is 18.7. The first-order valence-corrected chi connectivity index (χ1v) is 10.9. The predicted octanol–water partition coefficient (Wildman–Crippen LogP) is 4.09. The van der Waals surface area contributed by atoms with E-state index in [1.54, 1.807) is 53.7 Å². The Morgan fingerprint density at radius 3 is 2.38 bits per heavy atom. The van der Waals surface area contributed by atoms with Gasteiger partial charge in [-0.05, 0) is 23.3 Å². The average Bonchev–Trinajstić information content (AvgIpc) is 3.24. The van der Waals surface area contributed by atoms with Crippen LogP contribution in [0.1, 0.15) is 39.0 Å². The maximum Gasteiger partial charge on any atom is 0.248 e. The molecule has 4 unspecified atom stereocenters. The van der Waals surface area contributed by atoms with Gasteiger partial charge >= 0.3 is 0 Å². The van der Waals surface area contributed by atoms with Gasteiger partial charge in [0.05, 0.1) is 26.4 Å². The molecule has 0 radical (unpaired) electrons. The number of hydrogen-bond donors (Lipinski definition) is 0. The molecule has 1 fully saturated rings. The molecule has 0 N–H and O–H groups in total. The van der Waals surface area contributed by atoms with Gasteiger partial charge in [0.15, 0.2) is 17.3 Å². The molecule has 2 heterocycles. The number of carbonyl (C=O) groups is 1. The standard InChI is InChI=1S/C26H23N3O5/c1-33-20-13-12-17(14-21(20)34-2)22-24(29(31)32)23-19-11-7-6-10-18(19)15-27-28(23)25(22)26(30)16-8-4-3-5-9-16/h3-15,22-25H,1-2H3. The number of methoxy groups -OCH3 is 2. The predicted molar refractivity (Wildman–Crippen MR) is 126 cm³/mol. The second kappa shape index (κ2) is 8.62. The van der Waals surface area contributed by atoms with Crippen molar-refractivity contribution in [1.82, 2.24) is 5.01 Å². The molecule has 3 aromatic rings. The molecule has 4 atom stereocenters. The third-order valence-corrected chi connectivity index (χ3v) is 6.61. The van der Waals surface area contributed by atoms with E-state index in [1.165, 1.54) is 14.2 Å². The van der Waals surface area contributed by atoms with E-state index in [4.69, 9.17) is 9.47 Å². The summed E-state index contributed by atoms with van der Waals surface area (Å²) in [7, 11) is 3.04. The van der Waals surface area contributed by atoms with Gasteiger partial charge in [-0.2, -0.15) is 5.10 Å². The van der Waals surface area contributed by atoms with Gasteiger partial charge < -0.3 is 9.47 Å². The second-order valence-electron chi connectivity index (χ2n) is 8.29. The van der Waals surface area contributed by atoms with E-state index >= 15 is 0 Å². The van der Waals surface area contributed by atoms with Crippen molar-refractivity contribution in [2.45, 2.75) is 24.0 Å². The van der Waals surface area contributed by atoms with Crippen LogP contribution in [0.5, 0.6) is 11.5 Å². The van der Waals surface area contributed by atoms with Crippen molar-refractivity contribution in [2.75, 3.05) is 14.2 Å². The summed E-state index contributed by atoms with van der Waals surface area (Å²) in [5.74, 6) is -0.0298. The Balaban J connectivity index is 1.72. The average molecular weight is 457 g/mol. The van der Waals surface area contributed by atoms with E-state index in [-0.39, 0.29) is 10.7 Å². The van der Waals surface area contributed by atoms with Crippen LogP contribution in [0.4, 0.5) is 0 Å². The number of nitro groups is 1. The van der Waals surface area contributed by atoms with Crippen molar-refractivity contribution in [2.24, 2.45) is 5.10 Å². The molecule has 5 rings (SSSR count). The van der Waals surface area contributed by atoms with E-state index in [9.17, 15) is 14.9 Å². The molecule has 8 heteroatoms. The molecule has 3 aromatic carbocycles. The highest BCUT2D eigenvalue weighted by Gasteiger charge is 2.60. The number of ether oxygens (including phenoxy) is 2. The van der Waals surface area contributed by atoms with Crippen LogP contribution in [0, 0.1) is 10.1 Å². The number of rotatable bonds is 6. The summed E-state index contributed by atoms with van der Waals surface area (Å²) < 4.78 is 10.8.